The fraction of sp³-hybridized carbons (Fsp3) is 0.375. The molecule has 0 unspecified atom stereocenters. The van der Waals surface area contributed by atoms with Crippen LogP contribution in [0.4, 0.5) is 5.69 Å². The molecule has 6 nitrogen and oxygen atoms in total. The third kappa shape index (κ3) is 4.99. The monoisotopic (exact) mass is 436 g/mol. The van der Waals surface area contributed by atoms with Gasteiger partial charge in [-0.1, -0.05) is 30.3 Å². The predicted molar refractivity (Wildman–Crippen MR) is 128 cm³/mol. The van der Waals surface area contributed by atoms with Crippen molar-refractivity contribution in [3.8, 4) is 0 Å². The third-order valence-electron chi connectivity index (χ3n) is 5.56. The Morgan fingerprint density at radius 3 is 2.42 bits per heavy atom. The van der Waals surface area contributed by atoms with Crippen molar-refractivity contribution in [2.24, 2.45) is 0 Å². The Hall–Kier alpha value is -2.64. The highest BCUT2D eigenvalue weighted by Crippen LogP contribution is 2.18. The minimum atomic E-state index is -0.316. The highest BCUT2D eigenvalue weighted by Gasteiger charge is 2.18. The molecule has 0 atom stereocenters. The fourth-order valence-corrected chi connectivity index (χ4v) is 4.76. The smallest absolute Gasteiger partial charge is 0.276 e. The summed E-state index contributed by atoms with van der Waals surface area (Å²) in [4.78, 5) is 28.2. The van der Waals surface area contributed by atoms with Crippen molar-refractivity contribution in [2.45, 2.75) is 26.3 Å². The van der Waals surface area contributed by atoms with Crippen LogP contribution in [0.5, 0.6) is 0 Å². The maximum absolute atomic E-state index is 13.0. The van der Waals surface area contributed by atoms with E-state index >= 15 is 0 Å². The average Bonchev–Trinajstić information content (AvgIpc) is 2.79. The van der Waals surface area contributed by atoms with Crippen molar-refractivity contribution < 1.29 is 4.79 Å². The lowest BCUT2D eigenvalue weighted by atomic mass is 10.1. The summed E-state index contributed by atoms with van der Waals surface area (Å²) >= 11 is 2.02. The first-order valence-electron chi connectivity index (χ1n) is 10.7. The minimum Gasteiger partial charge on any atom is -0.321 e. The average molecular weight is 437 g/mol. The van der Waals surface area contributed by atoms with Crippen LogP contribution in [-0.2, 0) is 6.42 Å². The normalized spacial score (nSPS) is 14.8. The molecule has 0 spiro atoms. The van der Waals surface area contributed by atoms with E-state index in [1.807, 2.05) is 43.8 Å². The van der Waals surface area contributed by atoms with Crippen LogP contribution in [0.25, 0.3) is 10.8 Å². The van der Waals surface area contributed by atoms with Crippen LogP contribution in [0.1, 0.15) is 35.9 Å². The van der Waals surface area contributed by atoms with Crippen LogP contribution in [-0.4, -0.2) is 51.7 Å². The van der Waals surface area contributed by atoms with E-state index in [-0.39, 0.29) is 23.2 Å². The molecule has 0 radical (unpaired) electrons. The maximum atomic E-state index is 13.0. The molecule has 7 heteroatoms. The lowest BCUT2D eigenvalue weighted by Gasteiger charge is -2.26. The van der Waals surface area contributed by atoms with Gasteiger partial charge in [-0.15, -0.1) is 0 Å². The summed E-state index contributed by atoms with van der Waals surface area (Å²) in [5.41, 5.74) is 2.05. The molecule has 0 bridgehead atoms. The Morgan fingerprint density at radius 2 is 1.74 bits per heavy atom. The molecule has 2 heterocycles. The van der Waals surface area contributed by atoms with E-state index in [0.29, 0.717) is 10.8 Å². The number of thioether (sulfide) groups is 1. The quantitative estimate of drug-likeness (QED) is 0.636. The summed E-state index contributed by atoms with van der Waals surface area (Å²) in [6.45, 7) is 7.16. The molecule has 1 aliphatic rings. The second kappa shape index (κ2) is 9.66. The molecular formula is C24H28N4O2S. The zero-order valence-electron chi connectivity index (χ0n) is 18.0. The van der Waals surface area contributed by atoms with E-state index in [2.05, 4.69) is 27.4 Å². The van der Waals surface area contributed by atoms with Crippen molar-refractivity contribution in [1.29, 1.82) is 0 Å². The van der Waals surface area contributed by atoms with Crippen molar-refractivity contribution in [2.75, 3.05) is 36.5 Å². The number of carbonyl (C=O) groups excluding carboxylic acids is 1. The van der Waals surface area contributed by atoms with Gasteiger partial charge in [0.25, 0.3) is 11.5 Å². The second-order valence-corrected chi connectivity index (χ2v) is 9.32. The molecule has 31 heavy (non-hydrogen) atoms. The first-order chi connectivity index (χ1) is 15.0. The summed E-state index contributed by atoms with van der Waals surface area (Å²) in [5.74, 6) is 2.12. The molecule has 0 saturated carbocycles. The molecule has 1 fully saturated rings. The highest BCUT2D eigenvalue weighted by molar-refractivity contribution is 7.99. The van der Waals surface area contributed by atoms with E-state index in [0.717, 1.165) is 31.7 Å². The number of aromatic nitrogens is 2. The van der Waals surface area contributed by atoms with E-state index in [4.69, 9.17) is 0 Å². The summed E-state index contributed by atoms with van der Waals surface area (Å²) in [7, 11) is 0. The van der Waals surface area contributed by atoms with Gasteiger partial charge in [0, 0.05) is 42.2 Å². The molecule has 3 aromatic rings. The Kier molecular flexibility index (Phi) is 6.73. The van der Waals surface area contributed by atoms with E-state index in [1.165, 1.54) is 21.8 Å². The van der Waals surface area contributed by atoms with Gasteiger partial charge in [-0.3, -0.25) is 9.59 Å². The Morgan fingerprint density at radius 1 is 1.06 bits per heavy atom. The molecule has 1 aliphatic heterocycles. The first kappa shape index (κ1) is 21.6. The molecule has 162 valence electrons. The largest absolute Gasteiger partial charge is 0.321 e. The zero-order valence-corrected chi connectivity index (χ0v) is 18.8. The number of hydrogen-bond acceptors (Lipinski definition) is 5. The number of benzene rings is 2. The second-order valence-electron chi connectivity index (χ2n) is 8.09. The molecule has 1 N–H and O–H groups in total. The maximum Gasteiger partial charge on any atom is 0.276 e. The zero-order chi connectivity index (χ0) is 21.8. The molecule has 0 aliphatic carbocycles. The molecular weight excluding hydrogens is 408 g/mol. The van der Waals surface area contributed by atoms with E-state index in [1.54, 1.807) is 18.2 Å². The number of rotatable bonds is 6. The van der Waals surface area contributed by atoms with Gasteiger partial charge >= 0.3 is 0 Å². The van der Waals surface area contributed by atoms with Gasteiger partial charge in [0.2, 0.25) is 0 Å². The fourth-order valence-electron chi connectivity index (χ4n) is 3.78. The molecule has 2 aromatic carbocycles. The lowest BCUT2D eigenvalue weighted by Crippen LogP contribution is -2.34. The van der Waals surface area contributed by atoms with Gasteiger partial charge < -0.3 is 10.2 Å². The Labute approximate surface area is 186 Å². The van der Waals surface area contributed by atoms with Gasteiger partial charge in [-0.2, -0.15) is 16.9 Å². The Balaban J connectivity index is 1.50. The Bertz CT molecular complexity index is 1120. The van der Waals surface area contributed by atoms with Gasteiger partial charge in [-0.25, -0.2) is 4.68 Å². The number of anilines is 1. The molecule has 1 saturated heterocycles. The number of amides is 1. The molecule has 1 amide bonds. The summed E-state index contributed by atoms with van der Waals surface area (Å²) in [6.07, 6.45) is 1.00. The van der Waals surface area contributed by atoms with Crippen LogP contribution >= 0.6 is 11.8 Å². The van der Waals surface area contributed by atoms with Crippen molar-refractivity contribution in [3.05, 3.63) is 70.1 Å². The van der Waals surface area contributed by atoms with Gasteiger partial charge in [-0.05, 0) is 44.0 Å². The van der Waals surface area contributed by atoms with Crippen LogP contribution < -0.4 is 10.9 Å². The number of hydrogen-bond donors (Lipinski definition) is 1. The number of fused-ring (bicyclic) bond motifs is 1. The van der Waals surface area contributed by atoms with E-state index in [9.17, 15) is 9.59 Å². The summed E-state index contributed by atoms with van der Waals surface area (Å²) in [6, 6.07) is 15.0. The van der Waals surface area contributed by atoms with Gasteiger partial charge in [0.15, 0.2) is 5.69 Å². The van der Waals surface area contributed by atoms with Gasteiger partial charge in [0.05, 0.1) is 11.4 Å². The molecule has 1 aromatic heterocycles. The summed E-state index contributed by atoms with van der Waals surface area (Å²) < 4.78 is 1.37. The topological polar surface area (TPSA) is 67.2 Å². The van der Waals surface area contributed by atoms with Crippen molar-refractivity contribution in [1.82, 2.24) is 14.7 Å². The minimum absolute atomic E-state index is 0.138. The van der Waals surface area contributed by atoms with Crippen LogP contribution in [0.2, 0.25) is 0 Å². The summed E-state index contributed by atoms with van der Waals surface area (Å²) in [5, 5.41) is 8.39. The number of carbonyl (C=O) groups is 1. The highest BCUT2D eigenvalue weighted by atomic mass is 32.2. The van der Waals surface area contributed by atoms with Crippen molar-refractivity contribution >= 4 is 34.1 Å². The van der Waals surface area contributed by atoms with Gasteiger partial charge in [0.1, 0.15) is 0 Å². The lowest BCUT2D eigenvalue weighted by molar-refractivity contribution is 0.102. The number of nitrogens with one attached hydrogen (secondary N) is 1. The van der Waals surface area contributed by atoms with E-state index < -0.39 is 0 Å². The molecule has 4 rings (SSSR count). The standard InChI is InChI=1S/C24H28N4O2S/c1-17(2)28-24(30)21-6-4-3-5-20(21)22(26-28)23(29)25-19-9-7-18(8-10-19)11-12-27-13-15-31-16-14-27/h3-10,17H,11-16H2,1-2H3,(H,25,29). The van der Waals surface area contributed by atoms with Crippen LogP contribution in [0.3, 0.4) is 0 Å². The third-order valence-corrected chi connectivity index (χ3v) is 6.51. The van der Waals surface area contributed by atoms with Crippen molar-refractivity contribution in [3.63, 3.8) is 0 Å². The van der Waals surface area contributed by atoms with Crippen LogP contribution in [0, 0.1) is 0 Å². The van der Waals surface area contributed by atoms with Crippen LogP contribution in [0.15, 0.2) is 53.3 Å². The number of nitrogens with zero attached hydrogens (tertiary/aromatic N) is 3. The SMILES string of the molecule is CC(C)n1nc(C(=O)Nc2ccc(CCN3CCSCC3)cc2)c2ccccc2c1=O. The first-order valence-corrected chi connectivity index (χ1v) is 11.9. The predicted octanol–water partition coefficient (Wildman–Crippen LogP) is 3.82.